The number of benzene rings is 2. The number of hydrogen-bond donors (Lipinski definition) is 0. The molecule has 3 rings (SSSR count). The molecule has 2 heteroatoms. The minimum absolute atomic E-state index is 1.00. The highest BCUT2D eigenvalue weighted by Crippen LogP contribution is 2.45. The lowest BCUT2D eigenvalue weighted by Gasteiger charge is -2.14. The molecule has 2 aromatic rings. The molecule has 0 spiro atoms. The van der Waals surface area contributed by atoms with Gasteiger partial charge in [-0.2, -0.15) is 0 Å². The van der Waals surface area contributed by atoms with Gasteiger partial charge in [-0.05, 0) is 125 Å². The second-order valence-electron chi connectivity index (χ2n) is 10.7. The van der Waals surface area contributed by atoms with Crippen LogP contribution in [0.4, 0.5) is 0 Å². The average molecular weight is 471 g/mol. The Labute approximate surface area is 214 Å². The summed E-state index contributed by atoms with van der Waals surface area (Å²) in [6.07, 6.45) is 10.5. The van der Waals surface area contributed by atoms with Crippen LogP contribution in [0.3, 0.4) is 0 Å². The average Bonchev–Trinajstić information content (AvgIpc) is 3.09. The Morgan fingerprint density at radius 2 is 0.886 bits per heavy atom. The predicted octanol–water partition coefficient (Wildman–Crippen LogP) is 10.3. The van der Waals surface area contributed by atoms with Gasteiger partial charge in [-0.3, -0.25) is 0 Å². The third-order valence-electron chi connectivity index (χ3n) is 8.07. The minimum atomic E-state index is 1.00. The van der Waals surface area contributed by atoms with E-state index in [1.807, 2.05) is 0 Å². The lowest BCUT2D eigenvalue weighted by molar-refractivity contribution is -0.345. The second-order valence-corrected chi connectivity index (χ2v) is 10.7. The molecule has 0 radical (unpaired) electrons. The molecule has 0 saturated heterocycles. The van der Waals surface area contributed by atoms with E-state index >= 15 is 0 Å². The second kappa shape index (κ2) is 12.0. The zero-order valence-corrected chi connectivity index (χ0v) is 23.6. The molecule has 0 bridgehead atoms. The monoisotopic (exact) mass is 470 g/mol. The van der Waals surface area contributed by atoms with Crippen LogP contribution in [0, 0.1) is 41.5 Å². The van der Waals surface area contributed by atoms with Gasteiger partial charge in [0.25, 0.3) is 0 Å². The molecule has 0 amide bonds. The molecule has 0 saturated carbocycles. The Hall–Kier alpha value is -2.48. The van der Waals surface area contributed by atoms with Crippen LogP contribution in [0.15, 0.2) is 35.4 Å². The minimum Gasteiger partial charge on any atom is -0.493 e. The maximum atomic E-state index is 11.9. The van der Waals surface area contributed by atoms with Gasteiger partial charge in [0.1, 0.15) is 0 Å². The Kier molecular flexibility index (Phi) is 9.27. The highest BCUT2D eigenvalue weighted by Gasteiger charge is 2.35. The standard InChI is InChI=1S/C33H46N2/c1-9-11-13-15-17-31-30(16-14-12-10-2)32(28-18-22(3)26(7)23(4)19-28)35(34)33(31)29-20-24(5)27(8)25(6)21-29/h18-21H,9-17H2,1-8H3. The lowest BCUT2D eigenvalue weighted by Crippen LogP contribution is -2.05. The summed E-state index contributed by atoms with van der Waals surface area (Å²) in [5.74, 6) is 0. The molecule has 2 aromatic carbocycles. The number of allylic oxidation sites excluding steroid dienone is 2. The quantitative estimate of drug-likeness (QED) is 0.230. The summed E-state index contributed by atoms with van der Waals surface area (Å²) < 4.78 is 1.55. The fourth-order valence-electron chi connectivity index (χ4n) is 5.41. The van der Waals surface area contributed by atoms with Crippen LogP contribution in [0.5, 0.6) is 0 Å². The van der Waals surface area contributed by atoms with Gasteiger partial charge in [-0.1, -0.05) is 46.0 Å². The van der Waals surface area contributed by atoms with Crippen molar-refractivity contribution in [3.05, 3.63) is 85.5 Å². The van der Waals surface area contributed by atoms with Gasteiger partial charge < -0.3 is 5.53 Å². The number of nitrogens with zero attached hydrogens (tertiary/aromatic N) is 2. The number of unbranched alkanes of at least 4 members (excludes halogenated alkanes) is 5. The van der Waals surface area contributed by atoms with Crippen molar-refractivity contribution in [2.24, 2.45) is 0 Å². The molecule has 1 heterocycles. The first-order chi connectivity index (χ1) is 16.7. The molecule has 0 N–H and O–H groups in total. The van der Waals surface area contributed by atoms with Crippen molar-refractivity contribution in [2.75, 3.05) is 0 Å². The predicted molar refractivity (Wildman–Crippen MR) is 152 cm³/mol. The fourth-order valence-corrected chi connectivity index (χ4v) is 5.41. The third-order valence-corrected chi connectivity index (χ3v) is 8.07. The Morgan fingerprint density at radius 1 is 0.543 bits per heavy atom. The zero-order valence-electron chi connectivity index (χ0n) is 23.6. The van der Waals surface area contributed by atoms with Crippen molar-refractivity contribution in [1.82, 2.24) is 0 Å². The largest absolute Gasteiger partial charge is 0.493 e. The molecule has 1 aliphatic rings. The molecule has 2 nitrogen and oxygen atoms in total. The van der Waals surface area contributed by atoms with Crippen LogP contribution in [-0.4, -0.2) is 4.70 Å². The Morgan fingerprint density at radius 3 is 1.26 bits per heavy atom. The molecular weight excluding hydrogens is 424 g/mol. The maximum Gasteiger partial charge on any atom is 0.211 e. The van der Waals surface area contributed by atoms with Crippen LogP contribution in [-0.2, 0) is 0 Å². The Balaban J connectivity index is 2.21. The molecule has 0 fully saturated rings. The number of aryl methyl sites for hydroxylation is 4. The van der Waals surface area contributed by atoms with Crippen LogP contribution >= 0.6 is 0 Å². The van der Waals surface area contributed by atoms with Crippen molar-refractivity contribution >= 4 is 11.4 Å². The van der Waals surface area contributed by atoms with Gasteiger partial charge in [0.15, 0.2) is 0 Å². The topological polar surface area (TPSA) is 25.3 Å². The van der Waals surface area contributed by atoms with E-state index in [0.29, 0.717) is 0 Å². The molecule has 188 valence electrons. The van der Waals surface area contributed by atoms with E-state index in [0.717, 1.165) is 41.8 Å². The van der Waals surface area contributed by atoms with Gasteiger partial charge >= 0.3 is 0 Å². The van der Waals surface area contributed by atoms with E-state index in [9.17, 15) is 5.53 Å². The van der Waals surface area contributed by atoms with Crippen LogP contribution in [0.1, 0.15) is 116 Å². The van der Waals surface area contributed by atoms with E-state index in [-0.39, 0.29) is 0 Å². The smallest absolute Gasteiger partial charge is 0.211 e. The molecule has 35 heavy (non-hydrogen) atoms. The summed E-state index contributed by atoms with van der Waals surface area (Å²) in [7, 11) is 0. The van der Waals surface area contributed by atoms with Gasteiger partial charge in [0, 0.05) is 22.3 Å². The summed E-state index contributed by atoms with van der Waals surface area (Å²) in [5.41, 5.74) is 26.7. The lowest BCUT2D eigenvalue weighted by atomic mass is 9.90. The normalized spacial score (nSPS) is 14.0. The van der Waals surface area contributed by atoms with Gasteiger partial charge in [0.05, 0.1) is 0 Å². The summed E-state index contributed by atoms with van der Waals surface area (Å²) in [6.45, 7) is 17.7. The summed E-state index contributed by atoms with van der Waals surface area (Å²) in [4.78, 5) is 0. The first kappa shape index (κ1) is 27.1. The van der Waals surface area contributed by atoms with Crippen molar-refractivity contribution in [3.8, 4) is 0 Å². The van der Waals surface area contributed by atoms with Crippen LogP contribution < -0.4 is 0 Å². The van der Waals surface area contributed by atoms with Crippen molar-refractivity contribution in [2.45, 2.75) is 113 Å². The summed E-state index contributed by atoms with van der Waals surface area (Å²) >= 11 is 0. The van der Waals surface area contributed by atoms with Gasteiger partial charge in [-0.25, -0.2) is 4.70 Å². The highest BCUT2D eigenvalue weighted by molar-refractivity contribution is 5.82. The molecule has 0 atom stereocenters. The van der Waals surface area contributed by atoms with Crippen LogP contribution in [0.2, 0.25) is 0 Å². The van der Waals surface area contributed by atoms with E-state index in [2.05, 4.69) is 79.7 Å². The molecule has 0 unspecified atom stereocenters. The SMILES string of the molecule is CCCCCCC1=C(c2cc(C)c(C)c(C)c2)[N+](=[N-])C(c2cc(C)c(C)c(C)c2)=C1CCCCC. The fraction of sp³-hybridized carbons (Fsp3) is 0.515. The van der Waals surface area contributed by atoms with Crippen molar-refractivity contribution in [1.29, 1.82) is 0 Å². The van der Waals surface area contributed by atoms with Crippen molar-refractivity contribution in [3.63, 3.8) is 0 Å². The molecule has 0 aromatic heterocycles. The first-order valence-electron chi connectivity index (χ1n) is 13.8. The molecular formula is C33H46N2. The maximum absolute atomic E-state index is 11.9. The number of rotatable bonds is 11. The zero-order chi connectivity index (χ0) is 25.7. The van der Waals surface area contributed by atoms with Gasteiger partial charge in [-0.15, -0.1) is 0 Å². The first-order valence-corrected chi connectivity index (χ1v) is 13.8. The molecule has 1 aliphatic heterocycles. The Bertz CT molecular complexity index is 1110. The van der Waals surface area contributed by atoms with E-state index in [1.165, 1.54) is 83.1 Å². The van der Waals surface area contributed by atoms with E-state index in [4.69, 9.17) is 0 Å². The van der Waals surface area contributed by atoms with E-state index in [1.54, 1.807) is 4.70 Å². The van der Waals surface area contributed by atoms with Crippen LogP contribution in [0.25, 0.3) is 16.9 Å². The third kappa shape index (κ3) is 5.85. The van der Waals surface area contributed by atoms with Crippen molar-refractivity contribution < 1.29 is 4.70 Å². The van der Waals surface area contributed by atoms with Gasteiger partial charge in [0.2, 0.25) is 11.4 Å². The summed E-state index contributed by atoms with van der Waals surface area (Å²) in [6, 6.07) is 9.07. The highest BCUT2D eigenvalue weighted by atomic mass is 15.2. The molecule has 0 aliphatic carbocycles. The summed E-state index contributed by atoms with van der Waals surface area (Å²) in [5, 5.41) is 0. The van der Waals surface area contributed by atoms with E-state index < -0.39 is 0 Å². The number of hydrogen-bond acceptors (Lipinski definition) is 0.